The van der Waals surface area contributed by atoms with E-state index in [-0.39, 0.29) is 38.3 Å². The number of nitrogens with zero attached hydrogens (tertiary/aromatic N) is 5. The summed E-state index contributed by atoms with van der Waals surface area (Å²) >= 11 is 0. The lowest BCUT2D eigenvalue weighted by molar-refractivity contribution is 0.0646. The zero-order chi connectivity index (χ0) is 25.2. The minimum absolute atomic E-state index is 0.165. The third-order valence-electron chi connectivity index (χ3n) is 6.15. The predicted octanol–water partition coefficient (Wildman–Crippen LogP) is 4.73. The number of carbonyl (C=O) groups is 1. The Morgan fingerprint density at radius 3 is 2.40 bits per heavy atom. The average Bonchev–Trinajstić information content (AvgIpc) is 2.86. The smallest absolute Gasteiger partial charge is 0.284 e. The van der Waals surface area contributed by atoms with Crippen LogP contribution in [0.4, 0.5) is 17.6 Å². The van der Waals surface area contributed by atoms with Gasteiger partial charge in [0.2, 0.25) is 0 Å². The van der Waals surface area contributed by atoms with Crippen molar-refractivity contribution < 1.29 is 22.4 Å². The summed E-state index contributed by atoms with van der Waals surface area (Å²) in [6.07, 6.45) is 4.49. The molecule has 11 heteroatoms. The molecule has 0 aliphatic carbocycles. The van der Waals surface area contributed by atoms with E-state index in [1.54, 1.807) is 35.5 Å². The number of nitriles is 1. The number of benzene rings is 1. The van der Waals surface area contributed by atoms with Crippen molar-refractivity contribution in [2.24, 2.45) is 5.41 Å². The maximum atomic E-state index is 14.6. The molecule has 0 bridgehead atoms. The van der Waals surface area contributed by atoms with E-state index in [2.05, 4.69) is 21.0 Å². The Morgan fingerprint density at radius 2 is 1.83 bits per heavy atom. The highest BCUT2D eigenvalue weighted by Crippen LogP contribution is 2.40. The lowest BCUT2D eigenvalue weighted by Crippen LogP contribution is -2.44. The highest BCUT2D eigenvalue weighted by Gasteiger charge is 2.39. The Bertz CT molecular complexity index is 1260. The molecule has 1 unspecified atom stereocenters. The van der Waals surface area contributed by atoms with Crippen molar-refractivity contribution >= 4 is 15.1 Å². The van der Waals surface area contributed by atoms with Crippen molar-refractivity contribution in [1.82, 2.24) is 19.9 Å². The molecule has 1 saturated heterocycles. The number of amides is 1. The molecule has 0 spiro atoms. The number of hydrogen-bond donors (Lipinski definition) is 0. The van der Waals surface area contributed by atoms with Crippen LogP contribution in [0.3, 0.4) is 0 Å². The maximum Gasteiger partial charge on any atom is 0.284 e. The van der Waals surface area contributed by atoms with Gasteiger partial charge < -0.3 is 4.90 Å². The lowest BCUT2D eigenvalue weighted by Gasteiger charge is -2.37. The highest BCUT2D eigenvalue weighted by molar-refractivity contribution is 7.17. The number of halogens is 4. The first kappa shape index (κ1) is 24.7. The molecule has 3 aromatic rings. The Hall–Kier alpha value is -3.44. The third kappa shape index (κ3) is 5.15. The van der Waals surface area contributed by atoms with Gasteiger partial charge >= 0.3 is 0 Å². The first-order chi connectivity index (χ1) is 16.6. The number of rotatable bonds is 5. The van der Waals surface area contributed by atoms with E-state index in [1.807, 2.05) is 0 Å². The van der Waals surface area contributed by atoms with Crippen molar-refractivity contribution in [2.75, 3.05) is 13.1 Å². The molecule has 1 atom stereocenters. The van der Waals surface area contributed by atoms with Gasteiger partial charge in [-0.05, 0) is 49.6 Å². The molecule has 0 radical (unpaired) electrons. The molecule has 0 N–H and O–H groups in total. The maximum absolute atomic E-state index is 14.6. The Labute approximate surface area is 201 Å². The molecule has 0 saturated carbocycles. The van der Waals surface area contributed by atoms with Crippen molar-refractivity contribution in [3.63, 3.8) is 0 Å². The minimum Gasteiger partial charge on any atom is -0.338 e. The summed E-state index contributed by atoms with van der Waals surface area (Å²) in [4.78, 5) is 27.1. The van der Waals surface area contributed by atoms with E-state index in [1.165, 1.54) is 15.6 Å². The van der Waals surface area contributed by atoms with Crippen LogP contribution in [-0.4, -0.2) is 38.8 Å². The fourth-order valence-electron chi connectivity index (χ4n) is 4.15. The molecule has 180 valence electrons. The topological polar surface area (TPSA) is 82.8 Å². The Balaban J connectivity index is 1.52. The Kier molecular flexibility index (Phi) is 6.82. The van der Waals surface area contributed by atoms with E-state index in [0.717, 1.165) is 0 Å². The van der Waals surface area contributed by atoms with Crippen LogP contribution >= 0.6 is 9.24 Å². The summed E-state index contributed by atoms with van der Waals surface area (Å²) in [5.74, 6) is -2.55. The summed E-state index contributed by atoms with van der Waals surface area (Å²) < 4.78 is 56.1. The largest absolute Gasteiger partial charge is 0.338 e. The standard InChI is InChI=1S/C24H20F4N5OP/c25-18-10-15(24(27,28)35)11-19(26)17(18)12-23(13-29)4-8-33(9-5-23)22(34)16-2-1-6-31-21(16)20-3-7-30-14-32-20/h1-3,6-7,10-11,14H,4-5,8-9,12,35H2. The molecule has 1 fully saturated rings. The number of aromatic nitrogens is 3. The monoisotopic (exact) mass is 501 g/mol. The lowest BCUT2D eigenvalue weighted by atomic mass is 9.74. The molecule has 3 heterocycles. The quantitative estimate of drug-likeness (QED) is 0.373. The average molecular weight is 501 g/mol. The van der Waals surface area contributed by atoms with Crippen molar-refractivity contribution in [2.45, 2.75) is 24.9 Å². The molecule has 35 heavy (non-hydrogen) atoms. The van der Waals surface area contributed by atoms with Crippen LogP contribution in [-0.2, 0) is 12.1 Å². The summed E-state index contributed by atoms with van der Waals surface area (Å²) in [5, 5.41) is 9.86. The second kappa shape index (κ2) is 9.67. The fourth-order valence-corrected chi connectivity index (χ4v) is 4.32. The number of piperidine rings is 1. The second-order valence-electron chi connectivity index (χ2n) is 8.40. The molecular weight excluding hydrogens is 481 g/mol. The molecule has 6 nitrogen and oxygen atoms in total. The number of carbonyl (C=O) groups excluding carboxylic acids is 1. The first-order valence-electron chi connectivity index (χ1n) is 10.7. The van der Waals surface area contributed by atoms with E-state index >= 15 is 0 Å². The zero-order valence-corrected chi connectivity index (χ0v) is 19.5. The van der Waals surface area contributed by atoms with Crippen LogP contribution in [0, 0.1) is 28.4 Å². The van der Waals surface area contributed by atoms with Crippen molar-refractivity contribution in [3.8, 4) is 17.5 Å². The van der Waals surface area contributed by atoms with Gasteiger partial charge in [0.15, 0.2) is 0 Å². The van der Waals surface area contributed by atoms with E-state index in [0.29, 0.717) is 29.1 Å². The molecule has 1 amide bonds. The molecule has 4 rings (SSSR count). The molecule has 1 aliphatic rings. The summed E-state index contributed by atoms with van der Waals surface area (Å²) in [6.45, 7) is 0.352. The number of pyridine rings is 1. The molecule has 1 aromatic carbocycles. The third-order valence-corrected chi connectivity index (χ3v) is 6.48. The molecule has 1 aliphatic heterocycles. The van der Waals surface area contributed by atoms with Gasteiger partial charge in [0.25, 0.3) is 11.6 Å². The van der Waals surface area contributed by atoms with E-state index in [9.17, 15) is 27.6 Å². The van der Waals surface area contributed by atoms with Gasteiger partial charge in [-0.15, -0.1) is 0 Å². The van der Waals surface area contributed by atoms with Gasteiger partial charge in [-0.2, -0.15) is 14.0 Å². The minimum atomic E-state index is -3.48. The SMILES string of the molecule is N#CC1(Cc2c(F)cc(C(F)(F)P)cc2F)CCN(C(=O)c2cccnc2-c2ccncn2)CC1. The van der Waals surface area contributed by atoms with Gasteiger partial charge in [-0.3, -0.25) is 9.78 Å². The zero-order valence-electron chi connectivity index (χ0n) is 18.4. The highest BCUT2D eigenvalue weighted by atomic mass is 31.0. The van der Waals surface area contributed by atoms with Crippen LogP contribution in [0.1, 0.15) is 34.3 Å². The van der Waals surface area contributed by atoms with Crippen LogP contribution < -0.4 is 0 Å². The van der Waals surface area contributed by atoms with Gasteiger partial charge in [0, 0.05) is 36.6 Å². The summed E-state index contributed by atoms with van der Waals surface area (Å²) in [7, 11) is 1.24. The van der Waals surface area contributed by atoms with Crippen molar-refractivity contribution in [3.05, 3.63) is 77.4 Å². The van der Waals surface area contributed by atoms with Crippen LogP contribution in [0.2, 0.25) is 0 Å². The normalized spacial score (nSPS) is 15.5. The number of alkyl halides is 2. The second-order valence-corrected chi connectivity index (χ2v) is 9.12. The van der Waals surface area contributed by atoms with E-state index in [4.69, 9.17) is 0 Å². The van der Waals surface area contributed by atoms with Crippen molar-refractivity contribution in [1.29, 1.82) is 5.26 Å². The number of hydrogen-bond acceptors (Lipinski definition) is 5. The number of likely N-dealkylation sites (tertiary alicyclic amines) is 1. The van der Waals surface area contributed by atoms with Crippen LogP contribution in [0.15, 0.2) is 49.1 Å². The summed E-state index contributed by atoms with van der Waals surface area (Å²) in [6, 6.07) is 8.23. The van der Waals surface area contributed by atoms with Crippen LogP contribution in [0.25, 0.3) is 11.4 Å². The molecule has 2 aromatic heterocycles. The van der Waals surface area contributed by atoms with E-state index < -0.39 is 33.8 Å². The fraction of sp³-hybridized carbons (Fsp3) is 0.292. The van der Waals surface area contributed by atoms with Crippen LogP contribution in [0.5, 0.6) is 0 Å². The summed E-state index contributed by atoms with van der Waals surface area (Å²) in [5.41, 5.74) is -4.62. The predicted molar refractivity (Wildman–Crippen MR) is 122 cm³/mol. The Morgan fingerprint density at radius 1 is 1.14 bits per heavy atom. The van der Waals surface area contributed by atoms with Gasteiger partial charge in [0.1, 0.15) is 23.7 Å². The van der Waals surface area contributed by atoms with Gasteiger partial charge in [-0.25, -0.2) is 18.7 Å². The van der Waals surface area contributed by atoms with Gasteiger partial charge in [-0.1, -0.05) is 9.24 Å². The molecular formula is C24H20F4N5OP. The van der Waals surface area contributed by atoms with Gasteiger partial charge in [0.05, 0.1) is 22.7 Å². The first-order valence-corrected chi connectivity index (χ1v) is 11.3.